The first-order valence-electron chi connectivity index (χ1n) is 13.2. The highest BCUT2D eigenvalue weighted by atomic mass is 16.5. The first kappa shape index (κ1) is 28.9. The molecule has 0 fully saturated rings. The van der Waals surface area contributed by atoms with E-state index >= 15 is 0 Å². The minimum Gasteiger partial charge on any atom is -0.497 e. The van der Waals surface area contributed by atoms with Gasteiger partial charge in [0.25, 0.3) is 0 Å². The first-order chi connectivity index (χ1) is 20.0. The van der Waals surface area contributed by atoms with Crippen molar-refractivity contribution in [3.63, 3.8) is 0 Å². The van der Waals surface area contributed by atoms with Crippen LogP contribution in [-0.4, -0.2) is 39.0 Å². The van der Waals surface area contributed by atoms with Crippen LogP contribution in [0.25, 0.3) is 12.2 Å². The van der Waals surface area contributed by atoms with Crippen molar-refractivity contribution < 1.29 is 28.5 Å². The molecule has 4 aromatic carbocycles. The monoisotopic (exact) mass is 548 g/mol. The molecule has 6 heteroatoms. The second-order valence-corrected chi connectivity index (χ2v) is 9.05. The van der Waals surface area contributed by atoms with Gasteiger partial charge in [0.05, 0.1) is 27.4 Å². The molecule has 0 unspecified atom stereocenters. The summed E-state index contributed by atoms with van der Waals surface area (Å²) in [5.74, 6) is 2.67. The summed E-state index contributed by atoms with van der Waals surface area (Å²) < 4.78 is 22.0. The van der Waals surface area contributed by atoms with Gasteiger partial charge >= 0.3 is 0 Å². The van der Waals surface area contributed by atoms with Crippen LogP contribution in [0, 0.1) is 0 Å². The van der Waals surface area contributed by atoms with Crippen molar-refractivity contribution >= 4 is 23.7 Å². The maximum absolute atomic E-state index is 12.5. The summed E-state index contributed by atoms with van der Waals surface area (Å²) in [5.41, 5.74) is 2.94. The fraction of sp³-hybridized carbons (Fsp3) is 0.143. The highest BCUT2D eigenvalue weighted by molar-refractivity contribution is 6.07. The lowest BCUT2D eigenvalue weighted by Crippen LogP contribution is -2.05. The van der Waals surface area contributed by atoms with E-state index in [1.165, 1.54) is 0 Å². The Morgan fingerprint density at radius 2 is 0.976 bits per heavy atom. The average molecular weight is 549 g/mol. The molecule has 208 valence electrons. The summed E-state index contributed by atoms with van der Waals surface area (Å²) >= 11 is 0. The van der Waals surface area contributed by atoms with Crippen molar-refractivity contribution in [2.45, 2.75) is 6.42 Å². The van der Waals surface area contributed by atoms with Gasteiger partial charge in [-0.25, -0.2) is 0 Å². The molecule has 41 heavy (non-hydrogen) atoms. The van der Waals surface area contributed by atoms with Crippen molar-refractivity contribution in [3.05, 3.63) is 131 Å². The minimum absolute atomic E-state index is 0.0895. The quantitative estimate of drug-likeness (QED) is 0.0933. The van der Waals surface area contributed by atoms with Crippen LogP contribution in [0.2, 0.25) is 0 Å². The van der Waals surface area contributed by atoms with Gasteiger partial charge in [-0.2, -0.15) is 0 Å². The summed E-state index contributed by atoms with van der Waals surface area (Å²) in [6.07, 6.45) is 7.30. The Morgan fingerprint density at radius 3 is 1.37 bits per heavy atom. The van der Waals surface area contributed by atoms with Gasteiger partial charge < -0.3 is 18.9 Å². The molecule has 0 aliphatic carbocycles. The summed E-state index contributed by atoms with van der Waals surface area (Å²) in [5, 5.41) is 0. The SMILES string of the molecule is COc1cccc(/C=C/C(=O)c2ccc(OCCCOc3ccc(C(=O)/C=C/c4cccc(OC)c4)cc3)cc2)c1. The number of carbonyl (C=O) groups is 2. The van der Waals surface area contributed by atoms with Crippen LogP contribution in [0.4, 0.5) is 0 Å². The Hall–Kier alpha value is -5.10. The van der Waals surface area contributed by atoms with E-state index in [0.29, 0.717) is 42.3 Å². The summed E-state index contributed by atoms with van der Waals surface area (Å²) in [7, 11) is 3.22. The number of carbonyl (C=O) groups excluding carboxylic acids is 2. The number of ketones is 2. The van der Waals surface area contributed by atoms with Crippen molar-refractivity contribution in [2.75, 3.05) is 27.4 Å². The molecule has 4 aromatic rings. The van der Waals surface area contributed by atoms with Crippen LogP contribution in [0.3, 0.4) is 0 Å². The lowest BCUT2D eigenvalue weighted by Gasteiger charge is -2.09. The lowest BCUT2D eigenvalue weighted by molar-refractivity contribution is 0.103. The van der Waals surface area contributed by atoms with E-state index in [4.69, 9.17) is 18.9 Å². The summed E-state index contributed by atoms with van der Waals surface area (Å²) in [6, 6.07) is 29.2. The number of hydrogen-bond acceptors (Lipinski definition) is 6. The Bertz CT molecular complexity index is 1390. The maximum Gasteiger partial charge on any atom is 0.185 e. The molecule has 0 aliphatic heterocycles. The van der Waals surface area contributed by atoms with Gasteiger partial charge in [0.1, 0.15) is 23.0 Å². The van der Waals surface area contributed by atoms with Crippen LogP contribution < -0.4 is 18.9 Å². The van der Waals surface area contributed by atoms with Crippen LogP contribution >= 0.6 is 0 Å². The predicted octanol–water partition coefficient (Wildman–Crippen LogP) is 7.34. The highest BCUT2D eigenvalue weighted by Gasteiger charge is 2.05. The predicted molar refractivity (Wildman–Crippen MR) is 161 cm³/mol. The lowest BCUT2D eigenvalue weighted by atomic mass is 10.1. The molecule has 0 heterocycles. The van der Waals surface area contributed by atoms with Gasteiger partial charge in [-0.1, -0.05) is 36.4 Å². The van der Waals surface area contributed by atoms with Gasteiger partial charge in [0.2, 0.25) is 0 Å². The molecule has 4 rings (SSSR count). The molecule has 0 N–H and O–H groups in total. The molecule has 0 aliphatic rings. The van der Waals surface area contributed by atoms with Crippen LogP contribution in [0.15, 0.2) is 109 Å². The molecule has 0 saturated heterocycles. The molecule has 6 nitrogen and oxygen atoms in total. The highest BCUT2D eigenvalue weighted by Crippen LogP contribution is 2.18. The number of benzene rings is 4. The van der Waals surface area contributed by atoms with Crippen molar-refractivity contribution in [1.82, 2.24) is 0 Å². The topological polar surface area (TPSA) is 71.1 Å². The number of hydrogen-bond donors (Lipinski definition) is 0. The van der Waals surface area contributed by atoms with Gasteiger partial charge in [-0.05, 0) is 96.1 Å². The van der Waals surface area contributed by atoms with Gasteiger partial charge in [0.15, 0.2) is 11.6 Å². The van der Waals surface area contributed by atoms with Crippen molar-refractivity contribution in [3.8, 4) is 23.0 Å². The Labute approximate surface area is 240 Å². The van der Waals surface area contributed by atoms with E-state index in [0.717, 1.165) is 22.6 Å². The zero-order chi connectivity index (χ0) is 28.9. The number of methoxy groups -OCH3 is 2. The molecule has 0 spiro atoms. The third-order valence-corrected chi connectivity index (χ3v) is 6.15. The minimum atomic E-state index is -0.0895. The maximum atomic E-state index is 12.5. The number of allylic oxidation sites excluding steroid dienone is 2. The number of ether oxygens (including phenoxy) is 4. The van der Waals surface area contributed by atoms with Crippen LogP contribution in [-0.2, 0) is 0 Å². The average Bonchev–Trinajstić information content (AvgIpc) is 3.03. The van der Waals surface area contributed by atoms with E-state index in [1.54, 1.807) is 87.1 Å². The fourth-order valence-corrected chi connectivity index (χ4v) is 3.90. The molecule has 0 atom stereocenters. The number of rotatable bonds is 14. The van der Waals surface area contributed by atoms with Gasteiger partial charge in [-0.3, -0.25) is 9.59 Å². The Kier molecular flexibility index (Phi) is 10.5. The van der Waals surface area contributed by atoms with Crippen molar-refractivity contribution in [2.24, 2.45) is 0 Å². The molecule has 0 radical (unpaired) electrons. The summed E-state index contributed by atoms with van der Waals surface area (Å²) in [6.45, 7) is 0.934. The molecule has 0 amide bonds. The second-order valence-electron chi connectivity index (χ2n) is 9.05. The Morgan fingerprint density at radius 1 is 0.561 bits per heavy atom. The zero-order valence-electron chi connectivity index (χ0n) is 23.1. The Balaban J connectivity index is 1.17. The fourth-order valence-electron chi connectivity index (χ4n) is 3.90. The third-order valence-electron chi connectivity index (χ3n) is 6.15. The third kappa shape index (κ3) is 8.97. The summed E-state index contributed by atoms with van der Waals surface area (Å²) in [4.78, 5) is 25.0. The second kappa shape index (κ2) is 14.9. The zero-order valence-corrected chi connectivity index (χ0v) is 23.1. The molecular weight excluding hydrogens is 516 g/mol. The van der Waals surface area contributed by atoms with Crippen LogP contribution in [0.1, 0.15) is 38.3 Å². The van der Waals surface area contributed by atoms with Gasteiger partial charge in [-0.15, -0.1) is 0 Å². The standard InChI is InChI=1S/C35H32O6/c1-38-32-8-3-6-26(24-32)10-20-34(36)28-12-16-30(17-13-28)40-22-5-23-41-31-18-14-29(15-19-31)35(37)21-11-27-7-4-9-33(25-27)39-2/h3-4,6-21,24-25H,5,22-23H2,1-2H3/b20-10+,21-11+. The molecule has 0 aromatic heterocycles. The van der Waals surface area contributed by atoms with E-state index in [1.807, 2.05) is 48.5 Å². The smallest absolute Gasteiger partial charge is 0.185 e. The van der Waals surface area contributed by atoms with E-state index in [-0.39, 0.29) is 11.6 Å². The van der Waals surface area contributed by atoms with E-state index in [9.17, 15) is 9.59 Å². The normalized spacial score (nSPS) is 11.0. The van der Waals surface area contributed by atoms with Crippen molar-refractivity contribution in [1.29, 1.82) is 0 Å². The molecule has 0 bridgehead atoms. The van der Waals surface area contributed by atoms with Crippen LogP contribution in [0.5, 0.6) is 23.0 Å². The molecular formula is C35H32O6. The molecule has 0 saturated carbocycles. The van der Waals surface area contributed by atoms with E-state index in [2.05, 4.69) is 0 Å². The largest absolute Gasteiger partial charge is 0.497 e. The first-order valence-corrected chi connectivity index (χ1v) is 13.2. The van der Waals surface area contributed by atoms with E-state index < -0.39 is 0 Å². The van der Waals surface area contributed by atoms with Gasteiger partial charge in [0, 0.05) is 17.5 Å².